The van der Waals surface area contributed by atoms with Crippen molar-refractivity contribution in [1.29, 1.82) is 0 Å². The molecule has 0 unspecified atom stereocenters. The van der Waals surface area contributed by atoms with E-state index in [9.17, 15) is 0 Å². The van der Waals surface area contributed by atoms with Crippen LogP contribution in [0.2, 0.25) is 0 Å². The number of hydrogen-bond donors (Lipinski definition) is 1. The lowest BCUT2D eigenvalue weighted by molar-refractivity contribution is 0.576. The molecule has 0 radical (unpaired) electrons. The lowest BCUT2D eigenvalue weighted by atomic mass is 10.0. The van der Waals surface area contributed by atoms with Crippen molar-refractivity contribution in [2.24, 2.45) is 17.6 Å². The van der Waals surface area contributed by atoms with Gasteiger partial charge in [0.1, 0.15) is 0 Å². The van der Waals surface area contributed by atoms with Crippen LogP contribution in [0.15, 0.2) is 12.2 Å². The van der Waals surface area contributed by atoms with E-state index in [1.165, 1.54) is 12.8 Å². The van der Waals surface area contributed by atoms with E-state index >= 15 is 0 Å². The van der Waals surface area contributed by atoms with Gasteiger partial charge in [-0.1, -0.05) is 12.2 Å². The van der Waals surface area contributed by atoms with E-state index in [1.807, 2.05) is 0 Å². The van der Waals surface area contributed by atoms with E-state index in [4.69, 9.17) is 5.73 Å². The van der Waals surface area contributed by atoms with Crippen LogP contribution in [0, 0.1) is 11.8 Å². The number of fused-ring (bicyclic) bond motifs is 2. The molecule has 0 saturated heterocycles. The number of hydrogen-bond acceptors (Lipinski definition) is 1. The van der Waals surface area contributed by atoms with Crippen molar-refractivity contribution in [3.05, 3.63) is 12.2 Å². The minimum Gasteiger partial charge on any atom is -0.327 e. The average Bonchev–Trinajstić information content (AvgIpc) is 2.23. The lowest BCUT2D eigenvalue weighted by Crippen LogP contribution is -2.23. The van der Waals surface area contributed by atoms with Crippen molar-refractivity contribution in [3.63, 3.8) is 0 Å². The van der Waals surface area contributed by atoms with E-state index in [-0.39, 0.29) is 0 Å². The van der Waals surface area contributed by atoms with Crippen molar-refractivity contribution < 1.29 is 0 Å². The molecule has 0 aliphatic heterocycles. The predicted molar refractivity (Wildman–Crippen MR) is 33.3 cm³/mol. The summed E-state index contributed by atoms with van der Waals surface area (Å²) in [6.45, 7) is 0. The second-order valence-electron chi connectivity index (χ2n) is 2.94. The summed E-state index contributed by atoms with van der Waals surface area (Å²) in [7, 11) is 0. The maximum absolute atomic E-state index is 5.77. The van der Waals surface area contributed by atoms with Crippen molar-refractivity contribution in [2.45, 2.75) is 18.9 Å². The predicted octanol–water partition coefficient (Wildman–Crippen LogP) is 0.910. The molecule has 0 spiro atoms. The Bertz CT molecular complexity index is 128. The number of allylic oxidation sites excluding steroid dienone is 1. The third-order valence-electron chi connectivity index (χ3n) is 2.33. The molecule has 3 atom stereocenters. The van der Waals surface area contributed by atoms with Crippen LogP contribution in [0.4, 0.5) is 0 Å². The Hall–Kier alpha value is -0.300. The van der Waals surface area contributed by atoms with Crippen LogP contribution < -0.4 is 5.73 Å². The number of rotatable bonds is 0. The molecule has 2 rings (SSSR count). The fourth-order valence-electron chi connectivity index (χ4n) is 1.82. The molecular weight excluding hydrogens is 98.1 g/mol. The molecule has 1 saturated carbocycles. The zero-order valence-electron chi connectivity index (χ0n) is 4.88. The second-order valence-corrected chi connectivity index (χ2v) is 2.94. The Kier molecular flexibility index (Phi) is 0.770. The third-order valence-corrected chi connectivity index (χ3v) is 2.33. The Labute approximate surface area is 49.6 Å². The third kappa shape index (κ3) is 0.451. The summed E-state index contributed by atoms with van der Waals surface area (Å²) in [6.07, 6.45) is 7.16. The van der Waals surface area contributed by atoms with Gasteiger partial charge in [-0.05, 0) is 24.7 Å². The molecule has 0 aromatic heterocycles. The molecule has 44 valence electrons. The second kappa shape index (κ2) is 1.35. The summed E-state index contributed by atoms with van der Waals surface area (Å²) in [6, 6.07) is 0.491. The van der Waals surface area contributed by atoms with Crippen LogP contribution in [0.5, 0.6) is 0 Å². The SMILES string of the molecule is N[C@@H]1C[C@H]2C=C[C@H]1C2. The largest absolute Gasteiger partial charge is 0.327 e. The van der Waals surface area contributed by atoms with Gasteiger partial charge in [0.25, 0.3) is 0 Å². The molecular formula is C7H11N. The van der Waals surface area contributed by atoms with Gasteiger partial charge in [0.15, 0.2) is 0 Å². The van der Waals surface area contributed by atoms with Crippen LogP contribution in [-0.2, 0) is 0 Å². The normalized spacial score (nSPS) is 50.9. The van der Waals surface area contributed by atoms with Gasteiger partial charge in [-0.3, -0.25) is 0 Å². The maximum Gasteiger partial charge on any atom is 0.0108 e. The molecule has 2 aliphatic rings. The smallest absolute Gasteiger partial charge is 0.0108 e. The Morgan fingerprint density at radius 2 is 2.12 bits per heavy atom. The maximum atomic E-state index is 5.77. The van der Waals surface area contributed by atoms with E-state index in [2.05, 4.69) is 12.2 Å². The first-order chi connectivity index (χ1) is 3.86. The monoisotopic (exact) mass is 109 g/mol. The van der Waals surface area contributed by atoms with Gasteiger partial charge in [0, 0.05) is 6.04 Å². The Balaban J connectivity index is 2.23. The van der Waals surface area contributed by atoms with Crippen LogP contribution in [0.25, 0.3) is 0 Å². The Morgan fingerprint density at radius 3 is 2.38 bits per heavy atom. The van der Waals surface area contributed by atoms with Crippen LogP contribution >= 0.6 is 0 Å². The highest BCUT2D eigenvalue weighted by atomic mass is 14.7. The molecule has 1 nitrogen and oxygen atoms in total. The molecule has 2 aliphatic carbocycles. The topological polar surface area (TPSA) is 26.0 Å². The summed E-state index contributed by atoms with van der Waals surface area (Å²) < 4.78 is 0. The summed E-state index contributed by atoms with van der Waals surface area (Å²) >= 11 is 0. The molecule has 0 aromatic rings. The fraction of sp³-hybridized carbons (Fsp3) is 0.714. The Morgan fingerprint density at radius 1 is 1.25 bits per heavy atom. The molecule has 2 bridgehead atoms. The van der Waals surface area contributed by atoms with Crippen molar-refractivity contribution >= 4 is 0 Å². The standard InChI is InChI=1S/C7H11N/c8-7-4-5-1-2-6(7)3-5/h1-2,5-7H,3-4,8H2/t5-,6-,7+/m0/s1. The van der Waals surface area contributed by atoms with E-state index in [1.54, 1.807) is 0 Å². The van der Waals surface area contributed by atoms with E-state index in [0.717, 1.165) is 11.8 Å². The highest BCUT2D eigenvalue weighted by Gasteiger charge is 2.32. The minimum atomic E-state index is 0.491. The van der Waals surface area contributed by atoms with Crippen LogP contribution in [-0.4, -0.2) is 6.04 Å². The van der Waals surface area contributed by atoms with Crippen molar-refractivity contribution in [3.8, 4) is 0 Å². The highest BCUT2D eigenvalue weighted by Crippen LogP contribution is 2.37. The van der Waals surface area contributed by atoms with Crippen molar-refractivity contribution in [2.75, 3.05) is 0 Å². The van der Waals surface area contributed by atoms with Crippen molar-refractivity contribution in [1.82, 2.24) is 0 Å². The summed E-state index contributed by atoms with van der Waals surface area (Å²) in [5.74, 6) is 1.58. The molecule has 0 heterocycles. The van der Waals surface area contributed by atoms with Gasteiger partial charge in [-0.2, -0.15) is 0 Å². The first-order valence-corrected chi connectivity index (χ1v) is 3.30. The van der Waals surface area contributed by atoms with Gasteiger partial charge in [-0.15, -0.1) is 0 Å². The molecule has 0 amide bonds. The van der Waals surface area contributed by atoms with Gasteiger partial charge in [0.05, 0.1) is 0 Å². The number of nitrogens with two attached hydrogens (primary N) is 1. The molecule has 0 aromatic carbocycles. The zero-order valence-corrected chi connectivity index (χ0v) is 4.88. The van der Waals surface area contributed by atoms with E-state index < -0.39 is 0 Å². The summed E-state index contributed by atoms with van der Waals surface area (Å²) in [4.78, 5) is 0. The molecule has 1 heteroatoms. The lowest BCUT2D eigenvalue weighted by Gasteiger charge is -2.10. The summed E-state index contributed by atoms with van der Waals surface area (Å²) in [5.41, 5.74) is 5.77. The van der Waals surface area contributed by atoms with Crippen LogP contribution in [0.1, 0.15) is 12.8 Å². The first kappa shape index (κ1) is 4.57. The fourth-order valence-corrected chi connectivity index (χ4v) is 1.82. The van der Waals surface area contributed by atoms with Gasteiger partial charge in [0.2, 0.25) is 0 Å². The molecule has 2 N–H and O–H groups in total. The summed E-state index contributed by atoms with van der Waals surface area (Å²) in [5, 5.41) is 0. The zero-order chi connectivity index (χ0) is 5.56. The quantitative estimate of drug-likeness (QED) is 0.460. The minimum absolute atomic E-state index is 0.491. The highest BCUT2D eigenvalue weighted by molar-refractivity contribution is 5.11. The van der Waals surface area contributed by atoms with Gasteiger partial charge in [-0.25, -0.2) is 0 Å². The molecule has 1 fully saturated rings. The van der Waals surface area contributed by atoms with Gasteiger partial charge >= 0.3 is 0 Å². The first-order valence-electron chi connectivity index (χ1n) is 3.30. The van der Waals surface area contributed by atoms with Crippen LogP contribution in [0.3, 0.4) is 0 Å². The molecule has 8 heavy (non-hydrogen) atoms. The average molecular weight is 109 g/mol. The van der Waals surface area contributed by atoms with Gasteiger partial charge < -0.3 is 5.73 Å². The van der Waals surface area contributed by atoms with E-state index in [0.29, 0.717) is 6.04 Å².